The third kappa shape index (κ3) is 5.56. The smallest absolute Gasteiger partial charge is 0.194 e. The Morgan fingerprint density at radius 1 is 1.45 bits per heavy atom. The number of aliphatic imine (C=N–C) groups is 1. The maximum Gasteiger partial charge on any atom is 0.194 e. The summed E-state index contributed by atoms with van der Waals surface area (Å²) in [4.78, 5) is 6.95. The minimum Gasteiger partial charge on any atom is -0.469 e. The summed E-state index contributed by atoms with van der Waals surface area (Å²) in [6.45, 7) is 9.65. The van der Waals surface area contributed by atoms with E-state index in [-0.39, 0.29) is 24.0 Å². The molecule has 0 unspecified atom stereocenters. The molecule has 2 rings (SSSR count). The lowest BCUT2D eigenvalue weighted by atomic mass is 10.3. The number of nitrogens with zero attached hydrogens (tertiary/aromatic N) is 2. The lowest BCUT2D eigenvalue weighted by molar-refractivity contribution is 0.481. The van der Waals surface area contributed by atoms with Crippen molar-refractivity contribution >= 4 is 29.9 Å². The van der Waals surface area contributed by atoms with Crippen molar-refractivity contribution in [2.75, 3.05) is 26.2 Å². The van der Waals surface area contributed by atoms with Crippen LogP contribution in [0.4, 0.5) is 0 Å². The van der Waals surface area contributed by atoms with Gasteiger partial charge in [0.15, 0.2) is 5.96 Å². The predicted molar refractivity (Wildman–Crippen MR) is 93.8 cm³/mol. The molecule has 4 nitrogen and oxygen atoms in total. The molecule has 1 aromatic heterocycles. The number of nitrogens with one attached hydrogen (secondary N) is 1. The first-order chi connectivity index (χ1) is 9.25. The Hall–Kier alpha value is -0.980. The highest BCUT2D eigenvalue weighted by Crippen LogP contribution is 2.08. The number of likely N-dealkylation sites (tertiary alicyclic amines) is 1. The fraction of sp³-hybridized carbons (Fsp3) is 0.533. The Labute approximate surface area is 138 Å². The van der Waals surface area contributed by atoms with Crippen molar-refractivity contribution in [2.24, 2.45) is 4.99 Å². The maximum absolute atomic E-state index is 5.33. The van der Waals surface area contributed by atoms with Crippen molar-refractivity contribution < 1.29 is 4.42 Å². The van der Waals surface area contributed by atoms with Gasteiger partial charge in [-0.1, -0.05) is 12.2 Å². The second-order valence-electron chi connectivity index (χ2n) is 5.05. The fourth-order valence-electron chi connectivity index (χ4n) is 2.16. The van der Waals surface area contributed by atoms with Crippen LogP contribution in [-0.2, 0) is 6.42 Å². The molecule has 0 radical (unpaired) electrons. The molecule has 1 aromatic rings. The van der Waals surface area contributed by atoms with E-state index >= 15 is 0 Å². The van der Waals surface area contributed by atoms with Crippen LogP contribution in [0.1, 0.15) is 25.5 Å². The standard InChI is InChI=1S/C15H23N3O.HI/c1-13(2)12-17-15(18-9-3-4-10-18)16-8-7-14-6-5-11-19-14;/h5-6,11H,1,3-4,7-10,12H2,2H3,(H,16,17);1H. The molecule has 1 aliphatic rings. The molecule has 0 atom stereocenters. The van der Waals surface area contributed by atoms with Gasteiger partial charge in [0.05, 0.1) is 12.8 Å². The molecule has 0 amide bonds. The van der Waals surface area contributed by atoms with Crippen LogP contribution in [0.15, 0.2) is 40.0 Å². The minimum absolute atomic E-state index is 0. The number of halogens is 1. The Kier molecular flexibility index (Phi) is 7.72. The second kappa shape index (κ2) is 9.05. The molecule has 1 fully saturated rings. The number of hydrogen-bond donors (Lipinski definition) is 1. The summed E-state index contributed by atoms with van der Waals surface area (Å²) >= 11 is 0. The molecule has 2 heterocycles. The first kappa shape index (κ1) is 17.1. The van der Waals surface area contributed by atoms with Gasteiger partial charge in [0, 0.05) is 26.1 Å². The summed E-state index contributed by atoms with van der Waals surface area (Å²) in [5.74, 6) is 2.01. The molecule has 1 aliphatic heterocycles. The summed E-state index contributed by atoms with van der Waals surface area (Å²) in [5.41, 5.74) is 1.09. The van der Waals surface area contributed by atoms with E-state index in [1.165, 1.54) is 12.8 Å². The second-order valence-corrected chi connectivity index (χ2v) is 5.05. The number of rotatable bonds is 5. The SMILES string of the molecule is C=C(C)CN=C(NCCc1ccco1)N1CCCC1.I. The Bertz CT molecular complexity index is 422. The normalized spacial score (nSPS) is 15.1. The largest absolute Gasteiger partial charge is 0.469 e. The van der Waals surface area contributed by atoms with E-state index in [4.69, 9.17) is 4.42 Å². The Morgan fingerprint density at radius 2 is 2.20 bits per heavy atom. The van der Waals surface area contributed by atoms with Gasteiger partial charge < -0.3 is 14.6 Å². The van der Waals surface area contributed by atoms with E-state index in [0.29, 0.717) is 6.54 Å². The average Bonchev–Trinajstić information content (AvgIpc) is 3.05. The molecular formula is C15H24IN3O. The Balaban J connectivity index is 0.00000200. The van der Waals surface area contributed by atoms with Crippen LogP contribution >= 0.6 is 24.0 Å². The molecule has 112 valence electrons. The van der Waals surface area contributed by atoms with Crippen molar-refractivity contribution in [1.82, 2.24) is 10.2 Å². The van der Waals surface area contributed by atoms with Gasteiger partial charge >= 0.3 is 0 Å². The van der Waals surface area contributed by atoms with Crippen LogP contribution in [0.2, 0.25) is 0 Å². The quantitative estimate of drug-likeness (QED) is 0.364. The molecular weight excluding hydrogens is 365 g/mol. The molecule has 20 heavy (non-hydrogen) atoms. The van der Waals surface area contributed by atoms with E-state index in [1.54, 1.807) is 6.26 Å². The average molecular weight is 389 g/mol. The lowest BCUT2D eigenvalue weighted by Crippen LogP contribution is -2.40. The third-order valence-corrected chi connectivity index (χ3v) is 3.14. The van der Waals surface area contributed by atoms with Gasteiger partial charge in [-0.15, -0.1) is 24.0 Å². The maximum atomic E-state index is 5.33. The van der Waals surface area contributed by atoms with E-state index in [9.17, 15) is 0 Å². The summed E-state index contributed by atoms with van der Waals surface area (Å²) in [5, 5.41) is 3.43. The highest BCUT2D eigenvalue weighted by Gasteiger charge is 2.15. The molecule has 0 aromatic carbocycles. The van der Waals surface area contributed by atoms with Gasteiger partial charge in [-0.05, 0) is 31.9 Å². The van der Waals surface area contributed by atoms with Crippen molar-refractivity contribution in [3.63, 3.8) is 0 Å². The summed E-state index contributed by atoms with van der Waals surface area (Å²) in [6, 6.07) is 3.92. The van der Waals surface area contributed by atoms with E-state index in [1.807, 2.05) is 19.1 Å². The zero-order valence-electron chi connectivity index (χ0n) is 12.1. The van der Waals surface area contributed by atoms with Gasteiger partial charge in [-0.3, -0.25) is 0 Å². The van der Waals surface area contributed by atoms with Crippen molar-refractivity contribution in [3.05, 3.63) is 36.3 Å². The zero-order chi connectivity index (χ0) is 13.5. The van der Waals surface area contributed by atoms with Gasteiger partial charge in [-0.2, -0.15) is 0 Å². The number of furan rings is 1. The lowest BCUT2D eigenvalue weighted by Gasteiger charge is -2.21. The first-order valence-corrected chi connectivity index (χ1v) is 6.96. The van der Waals surface area contributed by atoms with E-state index in [0.717, 1.165) is 43.3 Å². The monoisotopic (exact) mass is 389 g/mol. The molecule has 0 saturated carbocycles. The van der Waals surface area contributed by atoms with Gasteiger partial charge in [-0.25, -0.2) is 4.99 Å². The molecule has 0 aliphatic carbocycles. The van der Waals surface area contributed by atoms with Crippen LogP contribution in [0.25, 0.3) is 0 Å². The van der Waals surface area contributed by atoms with Crippen LogP contribution < -0.4 is 5.32 Å². The first-order valence-electron chi connectivity index (χ1n) is 6.96. The molecule has 1 N–H and O–H groups in total. The Morgan fingerprint density at radius 3 is 2.80 bits per heavy atom. The van der Waals surface area contributed by atoms with E-state index < -0.39 is 0 Å². The minimum atomic E-state index is 0. The van der Waals surface area contributed by atoms with Crippen molar-refractivity contribution in [2.45, 2.75) is 26.2 Å². The fourth-order valence-corrected chi connectivity index (χ4v) is 2.16. The zero-order valence-corrected chi connectivity index (χ0v) is 14.4. The molecule has 1 saturated heterocycles. The van der Waals surface area contributed by atoms with Crippen LogP contribution in [0.3, 0.4) is 0 Å². The topological polar surface area (TPSA) is 40.8 Å². The van der Waals surface area contributed by atoms with Crippen LogP contribution in [0.5, 0.6) is 0 Å². The highest BCUT2D eigenvalue weighted by atomic mass is 127. The summed E-state index contributed by atoms with van der Waals surface area (Å²) in [7, 11) is 0. The number of guanidine groups is 1. The van der Waals surface area contributed by atoms with Gasteiger partial charge in [0.25, 0.3) is 0 Å². The van der Waals surface area contributed by atoms with E-state index in [2.05, 4.69) is 21.8 Å². The van der Waals surface area contributed by atoms with Gasteiger partial charge in [0.1, 0.15) is 5.76 Å². The number of hydrogen-bond acceptors (Lipinski definition) is 2. The molecule has 0 spiro atoms. The summed E-state index contributed by atoms with van der Waals surface area (Å²) < 4.78 is 5.33. The summed E-state index contributed by atoms with van der Waals surface area (Å²) in [6.07, 6.45) is 5.11. The van der Waals surface area contributed by atoms with Crippen LogP contribution in [-0.4, -0.2) is 37.0 Å². The van der Waals surface area contributed by atoms with Crippen molar-refractivity contribution in [1.29, 1.82) is 0 Å². The van der Waals surface area contributed by atoms with Gasteiger partial charge in [0.2, 0.25) is 0 Å². The molecule has 0 bridgehead atoms. The van der Waals surface area contributed by atoms with Crippen LogP contribution in [0, 0.1) is 0 Å². The highest BCUT2D eigenvalue weighted by molar-refractivity contribution is 14.0. The van der Waals surface area contributed by atoms with Crippen molar-refractivity contribution in [3.8, 4) is 0 Å². The third-order valence-electron chi connectivity index (χ3n) is 3.14. The molecule has 5 heteroatoms. The predicted octanol–water partition coefficient (Wildman–Crippen LogP) is 3.06.